The van der Waals surface area contributed by atoms with Crippen molar-refractivity contribution in [1.29, 1.82) is 0 Å². The molecule has 1 aliphatic heterocycles. The molecule has 0 saturated carbocycles. The average molecular weight is 373 g/mol. The molecule has 0 unspecified atom stereocenters. The number of amides is 1. The maximum atomic E-state index is 12.9. The first-order valence-electron chi connectivity index (χ1n) is 8.53. The van der Waals surface area contributed by atoms with Crippen LogP contribution in [0.15, 0.2) is 53.4 Å². The van der Waals surface area contributed by atoms with Crippen LogP contribution in [-0.2, 0) is 10.0 Å². The van der Waals surface area contributed by atoms with E-state index in [2.05, 4.69) is 10.2 Å². The number of nitrogens with zero attached hydrogens (tertiary/aromatic N) is 2. The average Bonchev–Trinajstić information content (AvgIpc) is 2.63. The molecule has 1 fully saturated rings. The van der Waals surface area contributed by atoms with Crippen LogP contribution in [0, 0.1) is 6.92 Å². The van der Waals surface area contributed by atoms with Gasteiger partial charge < -0.3 is 10.2 Å². The van der Waals surface area contributed by atoms with Gasteiger partial charge in [-0.2, -0.15) is 4.31 Å². The fourth-order valence-electron chi connectivity index (χ4n) is 2.90. The van der Waals surface area contributed by atoms with Crippen molar-refractivity contribution in [2.75, 3.05) is 38.5 Å². The van der Waals surface area contributed by atoms with Crippen molar-refractivity contribution in [3.05, 3.63) is 59.7 Å². The lowest BCUT2D eigenvalue weighted by molar-refractivity contribution is 0.102. The number of hydrogen-bond donors (Lipinski definition) is 1. The summed E-state index contributed by atoms with van der Waals surface area (Å²) in [6, 6.07) is 13.8. The quantitative estimate of drug-likeness (QED) is 0.892. The topological polar surface area (TPSA) is 69.7 Å². The van der Waals surface area contributed by atoms with E-state index >= 15 is 0 Å². The molecule has 0 atom stereocenters. The number of para-hydroxylation sites is 1. The van der Waals surface area contributed by atoms with Crippen molar-refractivity contribution in [2.45, 2.75) is 11.8 Å². The van der Waals surface area contributed by atoms with Crippen molar-refractivity contribution < 1.29 is 13.2 Å². The summed E-state index contributed by atoms with van der Waals surface area (Å²) in [6.07, 6.45) is 0. The zero-order valence-electron chi connectivity index (χ0n) is 15.0. The molecule has 3 rings (SSSR count). The molecule has 0 aliphatic carbocycles. The molecule has 0 bridgehead atoms. The normalized spacial score (nSPS) is 16.4. The fourth-order valence-corrected chi connectivity index (χ4v) is 4.35. The number of sulfonamides is 1. The van der Waals surface area contributed by atoms with Crippen LogP contribution < -0.4 is 5.32 Å². The molecule has 6 nitrogen and oxygen atoms in total. The Bertz CT molecular complexity index is 890. The Kier molecular flexibility index (Phi) is 5.41. The number of piperazine rings is 1. The van der Waals surface area contributed by atoms with E-state index in [1.54, 1.807) is 31.2 Å². The highest BCUT2D eigenvalue weighted by atomic mass is 32.2. The first kappa shape index (κ1) is 18.6. The number of hydrogen-bond acceptors (Lipinski definition) is 4. The number of carbonyl (C=O) groups is 1. The highest BCUT2D eigenvalue weighted by Gasteiger charge is 2.28. The summed E-state index contributed by atoms with van der Waals surface area (Å²) in [6.45, 7) is 4.11. The fraction of sp³-hybridized carbons (Fsp3) is 0.316. The van der Waals surface area contributed by atoms with Crippen LogP contribution in [-0.4, -0.2) is 56.8 Å². The molecule has 7 heteroatoms. The predicted octanol–water partition coefficient (Wildman–Crippen LogP) is 2.18. The molecule has 0 aromatic heterocycles. The summed E-state index contributed by atoms with van der Waals surface area (Å²) in [5.74, 6) is -0.316. The lowest BCUT2D eigenvalue weighted by Gasteiger charge is -2.31. The van der Waals surface area contributed by atoms with Crippen LogP contribution in [0.2, 0.25) is 0 Å². The number of carbonyl (C=O) groups excluding carboxylic acids is 1. The van der Waals surface area contributed by atoms with Gasteiger partial charge in [0.05, 0.1) is 4.90 Å². The molecule has 1 N–H and O–H groups in total. The third kappa shape index (κ3) is 3.95. The molecular formula is C19H23N3O3S. The number of rotatable bonds is 4. The highest BCUT2D eigenvalue weighted by Crippen LogP contribution is 2.21. The number of nitrogens with one attached hydrogen (secondary N) is 1. The third-order valence-corrected chi connectivity index (χ3v) is 6.48. The zero-order valence-corrected chi connectivity index (χ0v) is 15.8. The third-order valence-electron chi connectivity index (χ3n) is 4.59. The number of aryl methyl sites for hydroxylation is 1. The zero-order chi connectivity index (χ0) is 18.7. The van der Waals surface area contributed by atoms with Crippen LogP contribution in [0.5, 0.6) is 0 Å². The van der Waals surface area contributed by atoms with Gasteiger partial charge in [0.25, 0.3) is 5.91 Å². The molecule has 1 saturated heterocycles. The number of benzene rings is 2. The maximum Gasteiger partial charge on any atom is 0.255 e. The molecule has 0 spiro atoms. The van der Waals surface area contributed by atoms with Gasteiger partial charge in [0.2, 0.25) is 10.0 Å². The molecule has 1 heterocycles. The Hall–Kier alpha value is -2.22. The Morgan fingerprint density at radius 3 is 2.31 bits per heavy atom. The van der Waals surface area contributed by atoms with Crippen molar-refractivity contribution >= 4 is 21.6 Å². The second-order valence-corrected chi connectivity index (χ2v) is 8.44. The summed E-state index contributed by atoms with van der Waals surface area (Å²) in [4.78, 5) is 14.9. The Balaban J connectivity index is 1.86. The SMILES string of the molecule is Cc1ccc(S(=O)(=O)N2CCN(C)CC2)cc1C(=O)Nc1ccccc1. The van der Waals surface area contributed by atoms with E-state index < -0.39 is 10.0 Å². The van der Waals surface area contributed by atoms with E-state index in [1.165, 1.54) is 10.4 Å². The summed E-state index contributed by atoms with van der Waals surface area (Å²) in [7, 11) is -1.63. The standard InChI is InChI=1S/C19H23N3O3S/c1-15-8-9-17(26(24,25)22-12-10-21(2)11-13-22)14-18(15)19(23)20-16-6-4-3-5-7-16/h3-9,14H,10-13H2,1-2H3,(H,20,23). The molecular weight excluding hydrogens is 350 g/mol. The van der Waals surface area contributed by atoms with Gasteiger partial charge in [-0.3, -0.25) is 4.79 Å². The van der Waals surface area contributed by atoms with E-state index in [0.717, 1.165) is 5.56 Å². The Labute approximate surface area is 154 Å². The van der Waals surface area contributed by atoms with Gasteiger partial charge in [-0.05, 0) is 43.8 Å². The van der Waals surface area contributed by atoms with Crippen molar-refractivity contribution in [1.82, 2.24) is 9.21 Å². The van der Waals surface area contributed by atoms with Crippen molar-refractivity contribution in [3.8, 4) is 0 Å². The summed E-state index contributed by atoms with van der Waals surface area (Å²) in [5.41, 5.74) is 1.77. The first-order valence-corrected chi connectivity index (χ1v) is 9.98. The Morgan fingerprint density at radius 2 is 1.65 bits per heavy atom. The van der Waals surface area contributed by atoms with E-state index in [0.29, 0.717) is 37.4 Å². The van der Waals surface area contributed by atoms with E-state index in [-0.39, 0.29) is 10.8 Å². The van der Waals surface area contributed by atoms with E-state index in [9.17, 15) is 13.2 Å². The van der Waals surface area contributed by atoms with Gasteiger partial charge in [-0.15, -0.1) is 0 Å². The number of likely N-dealkylation sites (N-methyl/N-ethyl adjacent to an activating group) is 1. The molecule has 138 valence electrons. The first-order chi connectivity index (χ1) is 12.4. The predicted molar refractivity (Wildman–Crippen MR) is 102 cm³/mol. The van der Waals surface area contributed by atoms with Crippen LogP contribution in [0.25, 0.3) is 0 Å². The molecule has 26 heavy (non-hydrogen) atoms. The lowest BCUT2D eigenvalue weighted by atomic mass is 10.1. The Morgan fingerprint density at radius 1 is 1.00 bits per heavy atom. The maximum absolute atomic E-state index is 12.9. The summed E-state index contributed by atoms with van der Waals surface area (Å²) in [5, 5.41) is 2.81. The van der Waals surface area contributed by atoms with Gasteiger partial charge in [0.15, 0.2) is 0 Å². The van der Waals surface area contributed by atoms with Gasteiger partial charge in [0.1, 0.15) is 0 Å². The van der Waals surface area contributed by atoms with Crippen LogP contribution in [0.3, 0.4) is 0 Å². The minimum Gasteiger partial charge on any atom is -0.322 e. The molecule has 0 radical (unpaired) electrons. The second-order valence-electron chi connectivity index (χ2n) is 6.50. The minimum atomic E-state index is -3.60. The summed E-state index contributed by atoms with van der Waals surface area (Å²) >= 11 is 0. The minimum absolute atomic E-state index is 0.158. The van der Waals surface area contributed by atoms with Gasteiger partial charge in [0, 0.05) is 37.4 Å². The highest BCUT2D eigenvalue weighted by molar-refractivity contribution is 7.89. The lowest BCUT2D eigenvalue weighted by Crippen LogP contribution is -2.47. The largest absolute Gasteiger partial charge is 0.322 e. The molecule has 2 aromatic rings. The molecule has 2 aromatic carbocycles. The van der Waals surface area contributed by atoms with Crippen molar-refractivity contribution in [2.24, 2.45) is 0 Å². The van der Waals surface area contributed by atoms with E-state index in [1.807, 2.05) is 25.2 Å². The van der Waals surface area contributed by atoms with Crippen LogP contribution in [0.4, 0.5) is 5.69 Å². The van der Waals surface area contributed by atoms with Gasteiger partial charge in [-0.25, -0.2) is 8.42 Å². The van der Waals surface area contributed by atoms with Crippen LogP contribution in [0.1, 0.15) is 15.9 Å². The van der Waals surface area contributed by atoms with Gasteiger partial charge >= 0.3 is 0 Å². The molecule has 1 aliphatic rings. The summed E-state index contributed by atoms with van der Waals surface area (Å²) < 4.78 is 27.3. The molecule has 1 amide bonds. The number of anilines is 1. The van der Waals surface area contributed by atoms with Crippen molar-refractivity contribution in [3.63, 3.8) is 0 Å². The monoisotopic (exact) mass is 373 g/mol. The second kappa shape index (κ2) is 7.57. The van der Waals surface area contributed by atoms with Gasteiger partial charge in [-0.1, -0.05) is 24.3 Å². The van der Waals surface area contributed by atoms with E-state index in [4.69, 9.17) is 0 Å². The smallest absolute Gasteiger partial charge is 0.255 e. The van der Waals surface area contributed by atoms with Crippen LogP contribution >= 0.6 is 0 Å².